The Kier molecular flexibility index (Phi) is 7.33. The molecule has 0 amide bonds. The number of nitrogens with zero attached hydrogens (tertiary/aromatic N) is 1. The van der Waals surface area contributed by atoms with E-state index in [4.69, 9.17) is 5.26 Å². The molecule has 0 bridgehead atoms. The fraction of sp³-hybridized carbons (Fsp3) is 0.577. The summed E-state index contributed by atoms with van der Waals surface area (Å²) >= 11 is 0. The molecule has 1 heteroatoms. The molecule has 0 aromatic heterocycles. The summed E-state index contributed by atoms with van der Waals surface area (Å²) in [5, 5.41) is 8.70. The number of benzene rings is 1. The van der Waals surface area contributed by atoms with Gasteiger partial charge in [0, 0.05) is 6.08 Å². The second kappa shape index (κ2) is 9.93. The third kappa shape index (κ3) is 5.35. The van der Waals surface area contributed by atoms with Gasteiger partial charge < -0.3 is 0 Å². The van der Waals surface area contributed by atoms with Gasteiger partial charge in [-0.1, -0.05) is 55.8 Å². The zero-order chi connectivity index (χ0) is 19.1. The number of nitriles is 1. The number of hydrogen-bond donors (Lipinski definition) is 0. The molecule has 0 heterocycles. The van der Waals surface area contributed by atoms with E-state index in [1.807, 2.05) is 0 Å². The van der Waals surface area contributed by atoms with Crippen LogP contribution in [0.3, 0.4) is 0 Å². The first-order valence-corrected chi connectivity index (χ1v) is 11.0. The van der Waals surface area contributed by atoms with E-state index in [9.17, 15) is 0 Å². The highest BCUT2D eigenvalue weighted by atomic mass is 14.3. The molecule has 1 nitrogen and oxygen atoms in total. The van der Waals surface area contributed by atoms with Crippen LogP contribution in [-0.4, -0.2) is 0 Å². The Balaban J connectivity index is 1.47. The van der Waals surface area contributed by atoms with Crippen molar-refractivity contribution in [2.24, 2.45) is 17.8 Å². The van der Waals surface area contributed by atoms with Crippen molar-refractivity contribution in [2.75, 3.05) is 0 Å². The highest BCUT2D eigenvalue weighted by molar-refractivity contribution is 5.26. The normalized spacial score (nSPS) is 28.7. The molecule has 0 saturated heterocycles. The molecular formula is C26H35N. The highest BCUT2D eigenvalue weighted by Gasteiger charge is 2.29. The van der Waals surface area contributed by atoms with Crippen LogP contribution in [0.1, 0.15) is 81.8 Å². The van der Waals surface area contributed by atoms with Gasteiger partial charge >= 0.3 is 0 Å². The first-order chi connectivity index (χ1) is 13.2. The average molecular weight is 362 g/mol. The molecule has 0 spiro atoms. The Hall–Kier alpha value is -1.81. The van der Waals surface area contributed by atoms with Crippen LogP contribution in [0.5, 0.6) is 0 Å². The van der Waals surface area contributed by atoms with Crippen molar-refractivity contribution in [3.63, 3.8) is 0 Å². The molecule has 3 rings (SSSR count). The lowest BCUT2D eigenvalue weighted by Gasteiger charge is -2.36. The molecule has 2 aliphatic carbocycles. The summed E-state index contributed by atoms with van der Waals surface area (Å²) in [5.41, 5.74) is 4.56. The second-order valence-electron chi connectivity index (χ2n) is 8.71. The molecule has 144 valence electrons. The monoisotopic (exact) mass is 361 g/mol. The first-order valence-electron chi connectivity index (χ1n) is 11.0. The van der Waals surface area contributed by atoms with E-state index in [0.29, 0.717) is 11.8 Å². The van der Waals surface area contributed by atoms with Crippen LogP contribution in [-0.2, 0) is 6.42 Å². The molecule has 0 aliphatic heterocycles. The van der Waals surface area contributed by atoms with Crippen LogP contribution >= 0.6 is 0 Å². The van der Waals surface area contributed by atoms with Crippen LogP contribution in [0, 0.1) is 29.1 Å². The zero-order valence-corrected chi connectivity index (χ0v) is 17.0. The highest BCUT2D eigenvalue weighted by Crippen LogP contribution is 2.43. The van der Waals surface area contributed by atoms with Gasteiger partial charge in [0.25, 0.3) is 0 Å². The average Bonchev–Trinajstić information content (AvgIpc) is 2.73. The topological polar surface area (TPSA) is 23.8 Å². The lowest BCUT2D eigenvalue weighted by molar-refractivity contribution is 0.290. The van der Waals surface area contributed by atoms with Crippen molar-refractivity contribution in [1.82, 2.24) is 0 Å². The summed E-state index contributed by atoms with van der Waals surface area (Å²) in [7, 11) is 0. The van der Waals surface area contributed by atoms with E-state index < -0.39 is 0 Å². The quantitative estimate of drug-likeness (QED) is 0.383. The fourth-order valence-corrected chi connectivity index (χ4v) is 5.24. The third-order valence-corrected chi connectivity index (χ3v) is 6.98. The maximum Gasteiger partial charge on any atom is 0.0908 e. The second-order valence-corrected chi connectivity index (χ2v) is 8.71. The predicted molar refractivity (Wildman–Crippen MR) is 114 cm³/mol. The molecule has 2 saturated carbocycles. The van der Waals surface area contributed by atoms with E-state index in [1.165, 1.54) is 75.3 Å². The smallest absolute Gasteiger partial charge is 0.0908 e. The van der Waals surface area contributed by atoms with Gasteiger partial charge in [-0.15, -0.1) is 0 Å². The van der Waals surface area contributed by atoms with Crippen molar-refractivity contribution in [2.45, 2.75) is 77.0 Å². The Bertz CT molecular complexity index is 659. The Labute approximate surface area is 166 Å². The zero-order valence-electron chi connectivity index (χ0n) is 17.0. The van der Waals surface area contributed by atoms with Crippen LogP contribution in [0.2, 0.25) is 0 Å². The van der Waals surface area contributed by atoms with E-state index in [0.717, 1.165) is 11.8 Å². The van der Waals surface area contributed by atoms with Gasteiger partial charge in [-0.05, 0) is 92.6 Å². The summed E-state index contributed by atoms with van der Waals surface area (Å²) in [4.78, 5) is 0. The van der Waals surface area contributed by atoms with Gasteiger partial charge in [-0.2, -0.15) is 5.26 Å². The van der Waals surface area contributed by atoms with E-state index >= 15 is 0 Å². The van der Waals surface area contributed by atoms with Gasteiger partial charge in [0.15, 0.2) is 0 Å². The summed E-state index contributed by atoms with van der Waals surface area (Å²) in [6, 6.07) is 11.6. The molecule has 1 aromatic carbocycles. The Morgan fingerprint density at radius 3 is 2.15 bits per heavy atom. The number of rotatable bonds is 6. The summed E-state index contributed by atoms with van der Waals surface area (Å²) in [6.07, 6.45) is 16.4. The van der Waals surface area contributed by atoms with Crippen LogP contribution in [0.25, 0.3) is 0 Å². The number of allylic oxidation sites excluding steroid dienone is 3. The number of hydrogen-bond acceptors (Lipinski definition) is 1. The largest absolute Gasteiger partial charge is 0.193 e. The fourth-order valence-electron chi connectivity index (χ4n) is 5.24. The SMILES string of the molecule is C=C([C@H]1CC[C@H](/C=C/C#N)CC1)[C@H]1CC[C@H](c2ccc(CCC)cc2)CC1. The standard InChI is InChI=1S/C26H35N/c1-3-5-21-9-13-25(14-10-21)26-17-15-24(16-18-26)20(2)23-11-7-22(8-12-23)6-4-19-27/h4,6,9-10,13-14,22-24,26H,2-3,5,7-8,11-12,15-18H2,1H3/b6-4+/t22-,23-,24-,26-. The molecule has 2 fully saturated rings. The van der Waals surface area contributed by atoms with Crippen molar-refractivity contribution in [3.05, 3.63) is 59.7 Å². The molecule has 1 aromatic rings. The van der Waals surface area contributed by atoms with Gasteiger partial charge in [-0.3, -0.25) is 0 Å². The minimum atomic E-state index is 0.611. The van der Waals surface area contributed by atoms with Gasteiger partial charge in [-0.25, -0.2) is 0 Å². The summed E-state index contributed by atoms with van der Waals surface area (Å²) < 4.78 is 0. The van der Waals surface area contributed by atoms with Gasteiger partial charge in [0.2, 0.25) is 0 Å². The van der Waals surface area contributed by atoms with Crippen LogP contribution in [0.4, 0.5) is 0 Å². The lowest BCUT2D eigenvalue weighted by Crippen LogP contribution is -2.22. The third-order valence-electron chi connectivity index (χ3n) is 6.98. The maximum atomic E-state index is 8.70. The van der Waals surface area contributed by atoms with E-state index in [-0.39, 0.29) is 0 Å². The molecular weight excluding hydrogens is 326 g/mol. The molecule has 0 N–H and O–H groups in total. The van der Waals surface area contributed by atoms with E-state index in [1.54, 1.807) is 11.6 Å². The summed E-state index contributed by atoms with van der Waals surface area (Å²) in [6.45, 7) is 6.80. The Morgan fingerprint density at radius 1 is 1.00 bits per heavy atom. The molecule has 0 radical (unpaired) electrons. The van der Waals surface area contributed by atoms with Crippen molar-refractivity contribution >= 4 is 0 Å². The van der Waals surface area contributed by atoms with Crippen molar-refractivity contribution in [1.29, 1.82) is 5.26 Å². The summed E-state index contributed by atoms with van der Waals surface area (Å²) in [5.74, 6) is 2.81. The lowest BCUT2D eigenvalue weighted by atomic mass is 9.70. The van der Waals surface area contributed by atoms with Crippen molar-refractivity contribution in [3.8, 4) is 6.07 Å². The molecule has 0 atom stereocenters. The maximum absolute atomic E-state index is 8.70. The molecule has 0 unspecified atom stereocenters. The van der Waals surface area contributed by atoms with E-state index in [2.05, 4.69) is 49.9 Å². The molecule has 2 aliphatic rings. The minimum absolute atomic E-state index is 0.611. The van der Waals surface area contributed by atoms with Crippen LogP contribution < -0.4 is 0 Å². The van der Waals surface area contributed by atoms with Gasteiger partial charge in [0.1, 0.15) is 0 Å². The predicted octanol–water partition coefficient (Wildman–Crippen LogP) is 7.36. The Morgan fingerprint density at radius 2 is 1.59 bits per heavy atom. The minimum Gasteiger partial charge on any atom is -0.193 e. The van der Waals surface area contributed by atoms with Gasteiger partial charge in [0.05, 0.1) is 6.07 Å². The number of aryl methyl sites for hydroxylation is 1. The molecule has 27 heavy (non-hydrogen) atoms. The van der Waals surface area contributed by atoms with Crippen LogP contribution in [0.15, 0.2) is 48.6 Å². The first kappa shape index (κ1) is 19.9. The van der Waals surface area contributed by atoms with Crippen molar-refractivity contribution < 1.29 is 0 Å².